The molecule has 0 aromatic carbocycles. The first-order chi connectivity index (χ1) is 6.86. The monoisotopic (exact) mass is 280 g/mol. The molecule has 0 amide bonds. The van der Waals surface area contributed by atoms with Crippen molar-refractivity contribution in [2.45, 2.75) is 6.42 Å². The van der Waals surface area contributed by atoms with Crippen molar-refractivity contribution in [2.24, 2.45) is 0 Å². The van der Waals surface area contributed by atoms with Crippen LogP contribution < -0.4 is 0 Å². The molecule has 0 spiro atoms. The minimum atomic E-state index is 0.992. The summed E-state index contributed by atoms with van der Waals surface area (Å²) < 4.78 is 0. The van der Waals surface area contributed by atoms with Gasteiger partial charge in [-0.2, -0.15) is 0 Å². The van der Waals surface area contributed by atoms with Crippen LogP contribution in [0.15, 0.2) is 11.6 Å². The van der Waals surface area contributed by atoms with Gasteiger partial charge >= 0.3 is 0 Å². The molecule has 0 saturated carbocycles. The summed E-state index contributed by atoms with van der Waals surface area (Å²) in [6.45, 7) is 6.92. The molecule has 14 heavy (non-hydrogen) atoms. The van der Waals surface area contributed by atoms with Gasteiger partial charge in [0.15, 0.2) is 0 Å². The Morgan fingerprint density at radius 1 is 1.14 bits per heavy atom. The molecular weight excluding hydrogens is 263 g/mol. The van der Waals surface area contributed by atoms with E-state index in [2.05, 4.69) is 25.7 Å². The highest BCUT2D eigenvalue weighted by Crippen LogP contribution is 2.03. The number of halogens is 2. The molecule has 1 rings (SSSR count). The van der Waals surface area contributed by atoms with Crippen molar-refractivity contribution in [1.82, 2.24) is 9.80 Å². The van der Waals surface area contributed by atoms with Crippen LogP contribution in [0.2, 0.25) is 0 Å². The summed E-state index contributed by atoms with van der Waals surface area (Å²) in [5.41, 5.74) is 1.61. The molecule has 0 N–H and O–H groups in total. The molecule has 1 aliphatic heterocycles. The summed E-state index contributed by atoms with van der Waals surface area (Å²) in [5.74, 6) is 0. The van der Waals surface area contributed by atoms with Crippen molar-refractivity contribution in [3.8, 4) is 0 Å². The van der Waals surface area contributed by atoms with Gasteiger partial charge in [0.25, 0.3) is 0 Å². The first kappa shape index (κ1) is 12.5. The van der Waals surface area contributed by atoms with Crippen LogP contribution in [-0.2, 0) is 0 Å². The van der Waals surface area contributed by atoms with E-state index in [-0.39, 0.29) is 0 Å². The Labute approximate surface area is 100 Å². The van der Waals surface area contributed by atoms with E-state index in [9.17, 15) is 0 Å². The lowest BCUT2D eigenvalue weighted by Crippen LogP contribution is -2.31. The number of alkyl halides is 1. The predicted molar refractivity (Wildman–Crippen MR) is 66.3 cm³/mol. The molecule has 1 heterocycles. The van der Waals surface area contributed by atoms with Crippen LogP contribution in [0.1, 0.15) is 6.42 Å². The van der Waals surface area contributed by atoms with Gasteiger partial charge in [-0.1, -0.05) is 33.6 Å². The number of hydrogen-bond acceptors (Lipinski definition) is 2. The van der Waals surface area contributed by atoms with Gasteiger partial charge in [0, 0.05) is 37.0 Å². The van der Waals surface area contributed by atoms with Crippen LogP contribution in [-0.4, -0.2) is 54.4 Å². The van der Waals surface area contributed by atoms with Gasteiger partial charge in [0.2, 0.25) is 0 Å². The fourth-order valence-electron chi connectivity index (χ4n) is 1.74. The predicted octanol–water partition coefficient (Wildman–Crippen LogP) is 2.14. The van der Waals surface area contributed by atoms with E-state index in [0.717, 1.165) is 18.4 Å². The Balaban J connectivity index is 2.25. The van der Waals surface area contributed by atoms with Crippen molar-refractivity contribution in [3.63, 3.8) is 0 Å². The van der Waals surface area contributed by atoms with Crippen LogP contribution in [0.5, 0.6) is 0 Å². The van der Waals surface area contributed by atoms with Crippen LogP contribution in [0, 0.1) is 0 Å². The molecule has 0 aromatic rings. The fourth-order valence-corrected chi connectivity index (χ4v) is 2.32. The maximum Gasteiger partial charge on any atom is 0.0175 e. The van der Waals surface area contributed by atoms with Gasteiger partial charge in [-0.25, -0.2) is 0 Å². The molecule has 2 nitrogen and oxygen atoms in total. The summed E-state index contributed by atoms with van der Waals surface area (Å²) in [7, 11) is 0. The van der Waals surface area contributed by atoms with Crippen LogP contribution >= 0.6 is 27.5 Å². The Hall–Kier alpha value is 0.430. The highest BCUT2D eigenvalue weighted by atomic mass is 79.9. The number of nitrogens with zero attached hydrogens (tertiary/aromatic N) is 2. The van der Waals surface area contributed by atoms with Gasteiger partial charge in [0.05, 0.1) is 0 Å². The normalized spacial score (nSPS) is 21.6. The van der Waals surface area contributed by atoms with Gasteiger partial charge in [0.1, 0.15) is 0 Å². The molecule has 4 heteroatoms. The summed E-state index contributed by atoms with van der Waals surface area (Å²) in [6.07, 6.45) is 3.28. The van der Waals surface area contributed by atoms with Gasteiger partial charge in [-0.15, -0.1) is 0 Å². The lowest BCUT2D eigenvalue weighted by Gasteiger charge is -2.19. The summed E-state index contributed by atoms with van der Waals surface area (Å²) in [6, 6.07) is 0. The average molecular weight is 282 g/mol. The number of rotatable bonds is 4. The van der Waals surface area contributed by atoms with Crippen molar-refractivity contribution >= 4 is 27.5 Å². The van der Waals surface area contributed by atoms with E-state index in [1.54, 1.807) is 5.54 Å². The molecule has 0 unspecified atom stereocenters. The Kier molecular flexibility index (Phi) is 6.86. The molecule has 1 aliphatic rings. The molecule has 82 valence electrons. The van der Waals surface area contributed by atoms with Gasteiger partial charge in [-0.3, -0.25) is 4.90 Å². The second-order valence-corrected chi connectivity index (χ2v) is 4.59. The van der Waals surface area contributed by atoms with Crippen molar-refractivity contribution in [3.05, 3.63) is 11.6 Å². The Morgan fingerprint density at radius 3 is 2.57 bits per heavy atom. The minimum absolute atomic E-state index is 0.992. The highest BCUT2D eigenvalue weighted by molar-refractivity contribution is 9.09. The summed E-state index contributed by atoms with van der Waals surface area (Å²) in [4.78, 5) is 4.96. The van der Waals surface area contributed by atoms with E-state index >= 15 is 0 Å². The smallest absolute Gasteiger partial charge is 0.0175 e. The fraction of sp³-hybridized carbons (Fsp3) is 0.800. The second kappa shape index (κ2) is 7.69. The highest BCUT2D eigenvalue weighted by Gasteiger charge is 2.12. The molecule has 0 radical (unpaired) electrons. The van der Waals surface area contributed by atoms with Crippen LogP contribution in [0.4, 0.5) is 0 Å². The van der Waals surface area contributed by atoms with Crippen LogP contribution in [0.3, 0.4) is 0 Å². The van der Waals surface area contributed by atoms with E-state index in [4.69, 9.17) is 11.6 Å². The van der Waals surface area contributed by atoms with E-state index in [0.29, 0.717) is 0 Å². The van der Waals surface area contributed by atoms with Gasteiger partial charge < -0.3 is 4.90 Å². The Bertz CT molecular complexity index is 176. The Morgan fingerprint density at radius 2 is 1.86 bits per heavy atom. The maximum atomic E-state index is 5.52. The largest absolute Gasteiger partial charge is 0.301 e. The minimum Gasteiger partial charge on any atom is -0.301 e. The maximum absolute atomic E-state index is 5.52. The van der Waals surface area contributed by atoms with Crippen molar-refractivity contribution < 1.29 is 0 Å². The average Bonchev–Trinajstić information content (AvgIpc) is 2.41. The molecule has 0 atom stereocenters. The van der Waals surface area contributed by atoms with Crippen LogP contribution in [0.25, 0.3) is 0 Å². The first-order valence-electron chi connectivity index (χ1n) is 5.12. The zero-order valence-electron chi connectivity index (χ0n) is 8.46. The second-order valence-electron chi connectivity index (χ2n) is 3.55. The zero-order chi connectivity index (χ0) is 10.2. The lowest BCUT2D eigenvalue weighted by molar-refractivity contribution is 0.280. The lowest BCUT2D eigenvalue weighted by atomic mass is 10.4. The third-order valence-corrected chi connectivity index (χ3v) is 3.07. The number of hydrogen-bond donors (Lipinski definition) is 0. The van der Waals surface area contributed by atoms with E-state index in [1.807, 2.05) is 6.08 Å². The molecule has 1 fully saturated rings. The van der Waals surface area contributed by atoms with Crippen molar-refractivity contribution in [1.29, 1.82) is 0 Å². The summed E-state index contributed by atoms with van der Waals surface area (Å²) >= 11 is 9.00. The molecular formula is C10H18BrClN2. The van der Waals surface area contributed by atoms with E-state index in [1.165, 1.54) is 32.6 Å². The first-order valence-corrected chi connectivity index (χ1v) is 6.68. The summed E-state index contributed by atoms with van der Waals surface area (Å²) in [5, 5.41) is 1.08. The molecule has 0 aliphatic carbocycles. The third kappa shape index (κ3) is 4.78. The van der Waals surface area contributed by atoms with Crippen molar-refractivity contribution in [2.75, 3.05) is 44.6 Å². The molecule has 0 bridgehead atoms. The quantitative estimate of drug-likeness (QED) is 0.729. The molecule has 1 saturated heterocycles. The topological polar surface area (TPSA) is 6.48 Å². The molecule has 0 aromatic heterocycles. The van der Waals surface area contributed by atoms with Gasteiger partial charge in [-0.05, 0) is 19.5 Å². The van der Waals surface area contributed by atoms with E-state index < -0.39 is 0 Å². The zero-order valence-corrected chi connectivity index (χ0v) is 10.8. The SMILES string of the molecule is Cl/C=C/CN1CCCN(CCBr)CC1. The third-order valence-electron chi connectivity index (χ3n) is 2.53. The standard InChI is InChI=1S/C10H18BrClN2/c11-3-8-14-7-2-6-13(9-10-14)5-1-4-12/h1,4H,2-3,5-10H2/b4-1+.